The van der Waals surface area contributed by atoms with Crippen LogP contribution in [0, 0.1) is 23.3 Å². The van der Waals surface area contributed by atoms with Gasteiger partial charge in [0.05, 0.1) is 11.3 Å². The number of hydrogen-bond donors (Lipinski definition) is 0. The molecule has 0 saturated heterocycles. The van der Waals surface area contributed by atoms with E-state index in [2.05, 4.69) is 14.5 Å². The normalized spacial score (nSPS) is 12.9. The molecule has 0 atom stereocenters. The SMILES string of the molecule is C\C=C(C)/C=N\C(=C/CC)c1ccc(-c2ccc(C(F)(F)Oc3ccc(-c4cc(F)c(OC(F)(F)F)c(F)c4)c(F)c3)c(F)c2)cc1. The first-order valence-corrected chi connectivity index (χ1v) is 14.0. The van der Waals surface area contributed by atoms with Crippen molar-refractivity contribution in [2.75, 3.05) is 0 Å². The molecule has 246 valence electrons. The minimum absolute atomic E-state index is 0.296. The summed E-state index contributed by atoms with van der Waals surface area (Å²) in [5, 5.41) is 0. The largest absolute Gasteiger partial charge is 0.573 e. The lowest BCUT2D eigenvalue weighted by atomic mass is 10.0. The summed E-state index contributed by atoms with van der Waals surface area (Å²) in [5.41, 5.74) is 1.10. The van der Waals surface area contributed by atoms with Gasteiger partial charge in [-0.3, -0.25) is 4.99 Å². The van der Waals surface area contributed by atoms with E-state index in [4.69, 9.17) is 0 Å². The van der Waals surface area contributed by atoms with Gasteiger partial charge in [-0.05, 0) is 84.5 Å². The van der Waals surface area contributed by atoms with Crippen molar-refractivity contribution in [2.24, 2.45) is 4.99 Å². The molecule has 4 aromatic carbocycles. The van der Waals surface area contributed by atoms with E-state index in [0.717, 1.165) is 47.5 Å². The molecular weight excluding hydrogens is 637 g/mol. The molecule has 4 aromatic rings. The van der Waals surface area contributed by atoms with Crippen LogP contribution in [-0.4, -0.2) is 12.6 Å². The first-order valence-electron chi connectivity index (χ1n) is 14.0. The van der Waals surface area contributed by atoms with Crippen LogP contribution in [0.15, 0.2) is 95.5 Å². The van der Waals surface area contributed by atoms with Crippen molar-refractivity contribution in [3.8, 4) is 33.8 Å². The summed E-state index contributed by atoms with van der Waals surface area (Å²) >= 11 is 0. The van der Waals surface area contributed by atoms with Gasteiger partial charge in [0.1, 0.15) is 17.4 Å². The Morgan fingerprint density at radius 2 is 1.34 bits per heavy atom. The van der Waals surface area contributed by atoms with Crippen LogP contribution >= 0.6 is 0 Å². The van der Waals surface area contributed by atoms with Gasteiger partial charge in [-0.15, -0.1) is 13.2 Å². The third-order valence-electron chi connectivity index (χ3n) is 6.77. The van der Waals surface area contributed by atoms with Gasteiger partial charge in [-0.2, -0.15) is 8.78 Å². The van der Waals surface area contributed by atoms with E-state index in [-0.39, 0.29) is 0 Å². The van der Waals surface area contributed by atoms with Gasteiger partial charge in [-0.25, -0.2) is 17.6 Å². The number of alkyl halides is 5. The monoisotopic (exact) mass is 663 g/mol. The van der Waals surface area contributed by atoms with E-state index in [1.165, 1.54) is 6.07 Å². The molecule has 0 heterocycles. The molecule has 0 aliphatic carbocycles. The molecule has 0 spiro atoms. The van der Waals surface area contributed by atoms with E-state index in [0.29, 0.717) is 29.3 Å². The number of nitrogens with zero attached hydrogens (tertiary/aromatic N) is 1. The van der Waals surface area contributed by atoms with Gasteiger partial charge >= 0.3 is 12.5 Å². The van der Waals surface area contributed by atoms with Gasteiger partial charge in [-0.1, -0.05) is 49.4 Å². The van der Waals surface area contributed by atoms with Crippen molar-refractivity contribution in [3.63, 3.8) is 0 Å². The number of rotatable bonds is 10. The summed E-state index contributed by atoms with van der Waals surface area (Å²) in [4.78, 5) is 4.51. The molecule has 0 fully saturated rings. The maximum Gasteiger partial charge on any atom is 0.573 e. The van der Waals surface area contributed by atoms with Crippen molar-refractivity contribution in [1.82, 2.24) is 0 Å². The van der Waals surface area contributed by atoms with Crippen molar-refractivity contribution < 1.29 is 49.0 Å². The number of benzene rings is 4. The van der Waals surface area contributed by atoms with Gasteiger partial charge in [0, 0.05) is 17.8 Å². The molecular formula is C35H26F9NO2. The van der Waals surface area contributed by atoms with E-state index >= 15 is 13.2 Å². The lowest BCUT2D eigenvalue weighted by Gasteiger charge is -2.20. The van der Waals surface area contributed by atoms with Crippen LogP contribution in [-0.2, 0) is 6.11 Å². The molecule has 0 amide bonds. The molecule has 0 aliphatic rings. The zero-order chi connectivity index (χ0) is 34.5. The highest BCUT2D eigenvalue weighted by molar-refractivity contribution is 5.84. The molecule has 0 aromatic heterocycles. The number of halogens is 9. The molecule has 47 heavy (non-hydrogen) atoms. The van der Waals surface area contributed by atoms with Crippen LogP contribution < -0.4 is 9.47 Å². The fourth-order valence-corrected chi connectivity index (χ4v) is 4.37. The minimum atomic E-state index is -5.39. The van der Waals surface area contributed by atoms with Crippen molar-refractivity contribution >= 4 is 11.9 Å². The lowest BCUT2D eigenvalue weighted by Crippen LogP contribution is -2.23. The topological polar surface area (TPSA) is 30.8 Å². The Morgan fingerprint density at radius 1 is 0.723 bits per heavy atom. The number of hydrogen-bond acceptors (Lipinski definition) is 3. The molecule has 0 saturated carbocycles. The summed E-state index contributed by atoms with van der Waals surface area (Å²) in [6.45, 7) is 5.77. The molecule has 0 unspecified atom stereocenters. The third-order valence-corrected chi connectivity index (χ3v) is 6.77. The highest BCUT2D eigenvalue weighted by Crippen LogP contribution is 2.38. The second-order valence-corrected chi connectivity index (χ2v) is 10.1. The Morgan fingerprint density at radius 3 is 1.89 bits per heavy atom. The summed E-state index contributed by atoms with van der Waals surface area (Å²) in [6, 6.07) is 12.8. The predicted molar refractivity (Wildman–Crippen MR) is 161 cm³/mol. The standard InChI is InChI=1S/C35H26F9NO2/c1-4-6-32(45-19-20(3)5-2)22-9-7-21(8-10-22)23-11-14-27(29(37)15-23)34(40,41)46-25-12-13-26(28(36)18-25)24-16-30(38)33(31(39)17-24)47-35(42,43)44/h5-19H,4H2,1-3H3/b20-5-,32-6-,45-19-. The van der Waals surface area contributed by atoms with E-state index < -0.39 is 63.9 Å². The Kier molecular flexibility index (Phi) is 10.5. The van der Waals surface area contributed by atoms with Crippen molar-refractivity contribution in [1.29, 1.82) is 0 Å². The van der Waals surface area contributed by atoms with Crippen molar-refractivity contribution in [3.05, 3.63) is 125 Å². The maximum atomic E-state index is 15.0. The minimum Gasteiger partial charge on any atom is -0.429 e. The summed E-state index contributed by atoms with van der Waals surface area (Å²) in [5.74, 6) is -8.68. The number of ether oxygens (including phenoxy) is 2. The quantitative estimate of drug-likeness (QED) is 0.125. The van der Waals surface area contributed by atoms with Crippen LogP contribution in [0.2, 0.25) is 0 Å². The average molecular weight is 664 g/mol. The second-order valence-electron chi connectivity index (χ2n) is 10.1. The second kappa shape index (κ2) is 14.2. The Labute approximate surface area is 264 Å². The predicted octanol–water partition coefficient (Wildman–Crippen LogP) is 11.4. The average Bonchev–Trinajstić information content (AvgIpc) is 3.00. The molecule has 0 aliphatic heterocycles. The fourth-order valence-electron chi connectivity index (χ4n) is 4.37. The highest BCUT2D eigenvalue weighted by Gasteiger charge is 2.38. The molecule has 0 radical (unpaired) electrons. The third kappa shape index (κ3) is 8.63. The van der Waals surface area contributed by atoms with Crippen molar-refractivity contribution in [2.45, 2.75) is 39.7 Å². The summed E-state index contributed by atoms with van der Waals surface area (Å²) in [7, 11) is 0. The zero-order valence-electron chi connectivity index (χ0n) is 25.0. The lowest BCUT2D eigenvalue weighted by molar-refractivity contribution is -0.276. The highest BCUT2D eigenvalue weighted by atomic mass is 19.4. The van der Waals surface area contributed by atoms with Gasteiger partial charge in [0.2, 0.25) is 5.75 Å². The summed E-state index contributed by atoms with van der Waals surface area (Å²) < 4.78 is 133. The maximum absolute atomic E-state index is 15.0. The smallest absolute Gasteiger partial charge is 0.429 e. The van der Waals surface area contributed by atoms with Crippen LogP contribution in [0.1, 0.15) is 38.3 Å². The molecule has 0 bridgehead atoms. The number of allylic oxidation sites excluding steroid dienone is 3. The fraction of sp³-hybridized carbons (Fsp3) is 0.171. The van der Waals surface area contributed by atoms with Crippen LogP contribution in [0.5, 0.6) is 11.5 Å². The van der Waals surface area contributed by atoms with Crippen LogP contribution in [0.3, 0.4) is 0 Å². The van der Waals surface area contributed by atoms with Gasteiger partial charge in [0.25, 0.3) is 0 Å². The van der Waals surface area contributed by atoms with Crippen LogP contribution in [0.25, 0.3) is 28.0 Å². The molecule has 12 heteroatoms. The van der Waals surface area contributed by atoms with Crippen LogP contribution in [0.4, 0.5) is 39.5 Å². The number of aliphatic imine (C=N–C) groups is 1. The summed E-state index contributed by atoms with van der Waals surface area (Å²) in [6.07, 6.45) is -3.34. The zero-order valence-corrected chi connectivity index (χ0v) is 25.0. The van der Waals surface area contributed by atoms with E-state index in [9.17, 15) is 26.3 Å². The van der Waals surface area contributed by atoms with E-state index in [1.807, 2.05) is 32.9 Å². The van der Waals surface area contributed by atoms with Gasteiger partial charge in [0.15, 0.2) is 11.6 Å². The first kappa shape index (κ1) is 34.9. The Balaban J connectivity index is 1.53. The molecule has 3 nitrogen and oxygen atoms in total. The molecule has 4 rings (SSSR count). The van der Waals surface area contributed by atoms with Gasteiger partial charge < -0.3 is 9.47 Å². The Bertz CT molecular complexity index is 1820. The first-order chi connectivity index (χ1) is 22.1. The molecule has 0 N–H and O–H groups in total. The van der Waals surface area contributed by atoms with E-state index in [1.54, 1.807) is 30.5 Å². The Hall–Kier alpha value is -5.00.